The molecule has 0 bridgehead atoms. The van der Waals surface area contributed by atoms with Crippen LogP contribution in [0.25, 0.3) is 0 Å². The zero-order chi connectivity index (χ0) is 20.0. The number of rotatable bonds is 9. The van der Waals surface area contributed by atoms with Crippen molar-refractivity contribution in [2.45, 2.75) is 51.5 Å². The summed E-state index contributed by atoms with van der Waals surface area (Å²) in [7, 11) is -3.62. The van der Waals surface area contributed by atoms with Crippen LogP contribution in [0.4, 0.5) is 5.69 Å². The predicted octanol–water partition coefficient (Wildman–Crippen LogP) is 2.44. The van der Waals surface area contributed by atoms with Gasteiger partial charge in [-0.05, 0) is 50.8 Å². The zero-order valence-electron chi connectivity index (χ0n) is 16.6. The van der Waals surface area contributed by atoms with Gasteiger partial charge in [0, 0.05) is 24.8 Å². The van der Waals surface area contributed by atoms with Crippen LogP contribution in [0.3, 0.4) is 0 Å². The molecule has 1 amide bonds. The number of sulfonamides is 1. The molecular weight excluding hydrogens is 366 g/mol. The Labute approximate surface area is 162 Å². The molecule has 1 aromatic carbocycles. The van der Waals surface area contributed by atoms with Gasteiger partial charge in [-0.2, -0.15) is 4.31 Å². The third kappa shape index (κ3) is 5.59. The van der Waals surface area contributed by atoms with Gasteiger partial charge in [0.25, 0.3) is 0 Å². The van der Waals surface area contributed by atoms with Crippen molar-refractivity contribution >= 4 is 21.6 Å². The second-order valence-electron chi connectivity index (χ2n) is 7.16. The lowest BCUT2D eigenvalue weighted by Crippen LogP contribution is -2.39. The number of carbonyl (C=O) groups excluding carboxylic acids is 1. The molecule has 0 aliphatic carbocycles. The number of nitrogens with zero attached hydrogens (tertiary/aromatic N) is 1. The third-order valence-corrected chi connectivity index (χ3v) is 6.69. The first-order valence-corrected chi connectivity index (χ1v) is 11.0. The molecule has 1 atom stereocenters. The molecule has 1 aliphatic rings. The Morgan fingerprint density at radius 1 is 1.22 bits per heavy atom. The van der Waals surface area contributed by atoms with Gasteiger partial charge in [-0.1, -0.05) is 13.8 Å². The number of nitrogens with one attached hydrogen (secondary N) is 2. The van der Waals surface area contributed by atoms with Gasteiger partial charge >= 0.3 is 0 Å². The summed E-state index contributed by atoms with van der Waals surface area (Å²) in [5.41, 5.74) is 0.573. The van der Waals surface area contributed by atoms with E-state index in [0.717, 1.165) is 12.8 Å². The van der Waals surface area contributed by atoms with Crippen LogP contribution in [-0.2, 0) is 14.8 Å². The van der Waals surface area contributed by atoms with Crippen LogP contribution >= 0.6 is 0 Å². The molecule has 1 unspecified atom stereocenters. The molecule has 27 heavy (non-hydrogen) atoms. The number of hydrogen-bond donors (Lipinski definition) is 2. The second kappa shape index (κ2) is 9.41. The first kappa shape index (κ1) is 21.5. The number of hydrogen-bond acceptors (Lipinski definition) is 5. The van der Waals surface area contributed by atoms with Crippen LogP contribution in [0.2, 0.25) is 0 Å². The highest BCUT2D eigenvalue weighted by molar-refractivity contribution is 7.89. The third-order valence-electron chi connectivity index (χ3n) is 4.77. The van der Waals surface area contributed by atoms with Crippen molar-refractivity contribution in [2.24, 2.45) is 5.92 Å². The molecule has 0 aromatic heterocycles. The quantitative estimate of drug-likeness (QED) is 0.668. The van der Waals surface area contributed by atoms with Crippen LogP contribution in [0, 0.1) is 5.92 Å². The Morgan fingerprint density at radius 3 is 2.48 bits per heavy atom. The van der Waals surface area contributed by atoms with E-state index in [2.05, 4.69) is 10.6 Å². The summed E-state index contributed by atoms with van der Waals surface area (Å²) in [6.45, 7) is 9.38. The molecular formula is C19H31N3O4S. The molecule has 152 valence electrons. The van der Waals surface area contributed by atoms with E-state index in [0.29, 0.717) is 37.1 Å². The summed E-state index contributed by atoms with van der Waals surface area (Å²) in [5.74, 6) is 0.554. The van der Waals surface area contributed by atoms with E-state index in [-0.39, 0.29) is 23.4 Å². The van der Waals surface area contributed by atoms with Crippen LogP contribution in [0.15, 0.2) is 23.1 Å². The van der Waals surface area contributed by atoms with Crippen molar-refractivity contribution in [2.75, 3.05) is 31.6 Å². The molecule has 1 aliphatic heterocycles. The Bertz CT molecular complexity index is 743. The number of benzene rings is 1. The number of carbonyl (C=O) groups is 1. The van der Waals surface area contributed by atoms with E-state index >= 15 is 0 Å². The van der Waals surface area contributed by atoms with Crippen LogP contribution < -0.4 is 15.4 Å². The predicted molar refractivity (Wildman–Crippen MR) is 107 cm³/mol. The highest BCUT2D eigenvalue weighted by Crippen LogP contribution is 2.31. The number of ether oxygens (including phenoxy) is 1. The fraction of sp³-hybridized carbons (Fsp3) is 0.632. The van der Waals surface area contributed by atoms with E-state index in [1.807, 2.05) is 27.7 Å². The lowest BCUT2D eigenvalue weighted by molar-refractivity contribution is -0.120. The fourth-order valence-corrected chi connectivity index (χ4v) is 4.49. The molecule has 2 rings (SSSR count). The maximum atomic E-state index is 13.0. The average molecular weight is 398 g/mol. The molecule has 0 saturated carbocycles. The highest BCUT2D eigenvalue weighted by atomic mass is 32.2. The van der Waals surface area contributed by atoms with Crippen molar-refractivity contribution in [1.29, 1.82) is 0 Å². The second-order valence-corrected chi connectivity index (χ2v) is 9.07. The van der Waals surface area contributed by atoms with Crippen molar-refractivity contribution < 1.29 is 17.9 Å². The molecule has 7 nitrogen and oxygen atoms in total. The first-order chi connectivity index (χ1) is 12.8. The molecule has 1 fully saturated rings. The van der Waals surface area contributed by atoms with Crippen LogP contribution in [0.1, 0.15) is 40.5 Å². The van der Waals surface area contributed by atoms with Crippen LogP contribution in [0.5, 0.6) is 5.75 Å². The van der Waals surface area contributed by atoms with Gasteiger partial charge < -0.3 is 15.4 Å². The van der Waals surface area contributed by atoms with E-state index in [1.165, 1.54) is 4.31 Å². The smallest absolute Gasteiger partial charge is 0.246 e. The van der Waals surface area contributed by atoms with Gasteiger partial charge in [0.2, 0.25) is 15.9 Å². The van der Waals surface area contributed by atoms with Crippen molar-refractivity contribution in [3.63, 3.8) is 0 Å². The maximum absolute atomic E-state index is 13.0. The highest BCUT2D eigenvalue weighted by Gasteiger charge is 2.30. The van der Waals surface area contributed by atoms with E-state index < -0.39 is 10.0 Å². The van der Waals surface area contributed by atoms with Gasteiger partial charge in [-0.3, -0.25) is 4.79 Å². The van der Waals surface area contributed by atoms with E-state index in [4.69, 9.17) is 4.74 Å². The van der Waals surface area contributed by atoms with Gasteiger partial charge in [0.1, 0.15) is 10.6 Å². The van der Waals surface area contributed by atoms with Crippen molar-refractivity contribution in [3.8, 4) is 5.75 Å². The van der Waals surface area contributed by atoms with E-state index in [1.54, 1.807) is 18.2 Å². The van der Waals surface area contributed by atoms with Gasteiger partial charge in [-0.25, -0.2) is 8.42 Å². The summed E-state index contributed by atoms with van der Waals surface area (Å²) in [6, 6.07) is 5.00. The molecule has 1 saturated heterocycles. The number of anilines is 1. The van der Waals surface area contributed by atoms with E-state index in [9.17, 15) is 13.2 Å². The van der Waals surface area contributed by atoms with Crippen molar-refractivity contribution in [3.05, 3.63) is 18.2 Å². The summed E-state index contributed by atoms with van der Waals surface area (Å²) in [6.07, 6.45) is 1.74. The topological polar surface area (TPSA) is 87.7 Å². The van der Waals surface area contributed by atoms with Crippen LogP contribution in [-0.4, -0.2) is 50.9 Å². The standard InChI is InChI=1S/C19H31N3O4S/c1-5-26-17-9-8-16(20-13-19(23)21-15(4)14(2)3)12-18(17)27(24,25)22-10-6-7-11-22/h8-9,12,14-15,20H,5-7,10-11,13H2,1-4H3,(H,21,23). The maximum Gasteiger partial charge on any atom is 0.246 e. The molecule has 0 spiro atoms. The Hall–Kier alpha value is -1.80. The van der Waals surface area contributed by atoms with Gasteiger partial charge in [0.15, 0.2) is 0 Å². The summed E-state index contributed by atoms with van der Waals surface area (Å²) >= 11 is 0. The monoisotopic (exact) mass is 397 g/mol. The molecule has 8 heteroatoms. The minimum atomic E-state index is -3.62. The average Bonchev–Trinajstić information content (AvgIpc) is 3.16. The van der Waals surface area contributed by atoms with Crippen molar-refractivity contribution in [1.82, 2.24) is 9.62 Å². The van der Waals surface area contributed by atoms with Gasteiger partial charge in [-0.15, -0.1) is 0 Å². The normalized spacial score (nSPS) is 16.3. The lowest BCUT2D eigenvalue weighted by Gasteiger charge is -2.20. The summed E-state index contributed by atoms with van der Waals surface area (Å²) in [5, 5.41) is 5.93. The lowest BCUT2D eigenvalue weighted by atomic mass is 10.1. The van der Waals surface area contributed by atoms with Gasteiger partial charge in [0.05, 0.1) is 13.2 Å². The zero-order valence-corrected chi connectivity index (χ0v) is 17.4. The SMILES string of the molecule is CCOc1ccc(NCC(=O)NC(C)C(C)C)cc1S(=O)(=O)N1CCCC1. The number of amides is 1. The minimum Gasteiger partial charge on any atom is -0.492 e. The summed E-state index contributed by atoms with van der Waals surface area (Å²) < 4.78 is 33.0. The fourth-order valence-electron chi connectivity index (χ4n) is 2.82. The molecule has 1 aromatic rings. The molecule has 0 radical (unpaired) electrons. The largest absolute Gasteiger partial charge is 0.492 e. The minimum absolute atomic E-state index is 0.0748. The molecule has 2 N–H and O–H groups in total. The Balaban J connectivity index is 2.16. The molecule has 1 heterocycles. The Morgan fingerprint density at radius 2 is 1.89 bits per heavy atom. The summed E-state index contributed by atoms with van der Waals surface area (Å²) in [4.78, 5) is 12.2. The Kier molecular flexibility index (Phi) is 7.49. The first-order valence-electron chi connectivity index (χ1n) is 9.56.